The van der Waals surface area contributed by atoms with Crippen molar-refractivity contribution in [3.8, 4) is 5.75 Å². The van der Waals surface area contributed by atoms with Crippen molar-refractivity contribution in [2.45, 2.75) is 24.8 Å². The van der Waals surface area contributed by atoms with E-state index >= 15 is 0 Å². The molecule has 0 heterocycles. The van der Waals surface area contributed by atoms with E-state index < -0.39 is 10.8 Å². The van der Waals surface area contributed by atoms with Gasteiger partial charge in [0.1, 0.15) is 5.75 Å². The maximum Gasteiger partial charge on any atom is 0.119 e. The number of ether oxygens (including phenoxy) is 1. The smallest absolute Gasteiger partial charge is 0.119 e. The quantitative estimate of drug-likeness (QED) is 0.744. The maximum atomic E-state index is 11.0. The zero-order valence-electron chi connectivity index (χ0n) is 8.11. The molecule has 0 amide bonds. The fourth-order valence-electron chi connectivity index (χ4n) is 0.982. The molecule has 0 N–H and O–H groups in total. The minimum atomic E-state index is -0.905. The molecule has 0 radical (unpaired) electrons. The molecule has 0 fully saturated rings. The minimum Gasteiger partial charge on any atom is -0.491 e. The summed E-state index contributed by atoms with van der Waals surface area (Å²) in [6.45, 7) is 3.96. The number of hydrogen-bond acceptors (Lipinski definition) is 2. The summed E-state index contributed by atoms with van der Waals surface area (Å²) in [7, 11) is -0.905. The second-order valence-electron chi connectivity index (χ2n) is 3.09. The molecule has 0 bridgehead atoms. The first-order valence-electron chi connectivity index (χ1n) is 4.19. The lowest BCUT2D eigenvalue weighted by Crippen LogP contribution is -2.05. The molecule has 0 spiro atoms. The molecule has 2 nitrogen and oxygen atoms in total. The fourth-order valence-corrected chi connectivity index (χ4v) is 1.50. The largest absolute Gasteiger partial charge is 0.491 e. The normalized spacial score (nSPS) is 12.9. The first-order valence-corrected chi connectivity index (χ1v) is 5.75. The maximum absolute atomic E-state index is 11.0. The van der Waals surface area contributed by atoms with Crippen LogP contribution in [0.3, 0.4) is 0 Å². The Hall–Kier alpha value is -0.830. The summed E-state index contributed by atoms with van der Waals surface area (Å²) in [5, 5.41) is 0. The molecule has 0 saturated carbocycles. The van der Waals surface area contributed by atoms with Gasteiger partial charge in [0, 0.05) is 22.0 Å². The van der Waals surface area contributed by atoms with Crippen molar-refractivity contribution in [1.82, 2.24) is 0 Å². The zero-order valence-corrected chi connectivity index (χ0v) is 8.93. The highest BCUT2D eigenvalue weighted by atomic mass is 32.2. The van der Waals surface area contributed by atoms with Gasteiger partial charge in [-0.05, 0) is 38.1 Å². The van der Waals surface area contributed by atoms with E-state index in [9.17, 15) is 4.21 Å². The van der Waals surface area contributed by atoms with Crippen LogP contribution in [0.15, 0.2) is 29.2 Å². The second-order valence-corrected chi connectivity index (χ2v) is 4.47. The third-order valence-corrected chi connectivity index (χ3v) is 2.46. The Balaban J connectivity index is 2.75. The SMILES string of the molecule is CC(C)Oc1ccc(S(C)=O)cc1. The lowest BCUT2D eigenvalue weighted by Gasteiger charge is -2.09. The van der Waals surface area contributed by atoms with Gasteiger partial charge in [-0.3, -0.25) is 4.21 Å². The molecule has 1 atom stereocenters. The molecule has 1 rings (SSSR count). The average Bonchev–Trinajstić information content (AvgIpc) is 2.04. The van der Waals surface area contributed by atoms with Crippen LogP contribution in [0.5, 0.6) is 5.75 Å². The van der Waals surface area contributed by atoms with Crippen molar-refractivity contribution in [3.05, 3.63) is 24.3 Å². The van der Waals surface area contributed by atoms with Gasteiger partial charge in [0.25, 0.3) is 0 Å². The fraction of sp³-hybridized carbons (Fsp3) is 0.400. The Bertz CT molecular complexity index is 290. The van der Waals surface area contributed by atoms with Gasteiger partial charge in [-0.2, -0.15) is 0 Å². The minimum absolute atomic E-state index is 0.179. The van der Waals surface area contributed by atoms with E-state index in [0.29, 0.717) is 0 Å². The van der Waals surface area contributed by atoms with E-state index in [1.165, 1.54) is 0 Å². The van der Waals surface area contributed by atoms with E-state index in [4.69, 9.17) is 4.74 Å². The number of rotatable bonds is 3. The predicted octanol–water partition coefficient (Wildman–Crippen LogP) is 2.21. The standard InChI is InChI=1S/C10H14O2S/c1-8(2)12-9-4-6-10(7-5-9)13(3)11/h4-8H,1-3H3. The Labute approximate surface area is 81.4 Å². The van der Waals surface area contributed by atoms with E-state index in [1.807, 2.05) is 38.1 Å². The van der Waals surface area contributed by atoms with Crippen LogP contribution in [0.4, 0.5) is 0 Å². The van der Waals surface area contributed by atoms with Gasteiger partial charge in [-0.25, -0.2) is 0 Å². The summed E-state index contributed by atoms with van der Waals surface area (Å²) >= 11 is 0. The third kappa shape index (κ3) is 3.19. The van der Waals surface area contributed by atoms with Gasteiger partial charge in [-0.15, -0.1) is 0 Å². The van der Waals surface area contributed by atoms with E-state index in [2.05, 4.69) is 0 Å². The Morgan fingerprint density at radius 2 is 1.77 bits per heavy atom. The van der Waals surface area contributed by atoms with Crippen molar-refractivity contribution < 1.29 is 8.95 Å². The van der Waals surface area contributed by atoms with Gasteiger partial charge in [0.05, 0.1) is 6.10 Å². The van der Waals surface area contributed by atoms with E-state index in [0.717, 1.165) is 10.6 Å². The van der Waals surface area contributed by atoms with Gasteiger partial charge < -0.3 is 4.74 Å². The molecule has 0 aliphatic heterocycles. The van der Waals surface area contributed by atoms with Crippen LogP contribution in [-0.4, -0.2) is 16.6 Å². The Kier molecular flexibility index (Phi) is 3.48. The molecule has 1 unspecified atom stereocenters. The first-order chi connectivity index (χ1) is 6.09. The molecule has 1 aromatic rings. The molecule has 3 heteroatoms. The molecule has 1 aromatic carbocycles. The van der Waals surface area contributed by atoms with Crippen LogP contribution < -0.4 is 4.74 Å². The molecule has 13 heavy (non-hydrogen) atoms. The lowest BCUT2D eigenvalue weighted by atomic mass is 10.3. The summed E-state index contributed by atoms with van der Waals surface area (Å²) in [5.74, 6) is 0.823. The molecule has 0 aromatic heterocycles. The van der Waals surface area contributed by atoms with E-state index in [1.54, 1.807) is 6.26 Å². The molecular formula is C10H14O2S. The lowest BCUT2D eigenvalue weighted by molar-refractivity contribution is 0.242. The highest BCUT2D eigenvalue weighted by Gasteiger charge is 1.99. The topological polar surface area (TPSA) is 26.3 Å². The van der Waals surface area contributed by atoms with Crippen molar-refractivity contribution in [2.24, 2.45) is 0 Å². The third-order valence-electron chi connectivity index (χ3n) is 1.53. The Morgan fingerprint density at radius 1 is 1.23 bits per heavy atom. The zero-order chi connectivity index (χ0) is 9.84. The Morgan fingerprint density at radius 3 is 2.15 bits per heavy atom. The van der Waals surface area contributed by atoms with Gasteiger partial charge >= 0.3 is 0 Å². The van der Waals surface area contributed by atoms with E-state index in [-0.39, 0.29) is 6.10 Å². The predicted molar refractivity (Wildman–Crippen MR) is 54.5 cm³/mol. The highest BCUT2D eigenvalue weighted by Crippen LogP contribution is 2.15. The van der Waals surface area contributed by atoms with Crippen LogP contribution in [-0.2, 0) is 10.8 Å². The molecule has 0 aliphatic rings. The van der Waals surface area contributed by atoms with Crippen molar-refractivity contribution in [2.75, 3.05) is 6.26 Å². The first kappa shape index (κ1) is 10.3. The van der Waals surface area contributed by atoms with Crippen LogP contribution in [0.1, 0.15) is 13.8 Å². The number of benzene rings is 1. The monoisotopic (exact) mass is 198 g/mol. The number of hydrogen-bond donors (Lipinski definition) is 0. The van der Waals surface area contributed by atoms with Crippen LogP contribution in [0.2, 0.25) is 0 Å². The van der Waals surface area contributed by atoms with Gasteiger partial charge in [0.15, 0.2) is 0 Å². The summed E-state index contributed by atoms with van der Waals surface area (Å²) in [6.07, 6.45) is 1.84. The van der Waals surface area contributed by atoms with Crippen LogP contribution in [0, 0.1) is 0 Å². The summed E-state index contributed by atoms with van der Waals surface area (Å²) < 4.78 is 16.5. The summed E-state index contributed by atoms with van der Waals surface area (Å²) in [5.41, 5.74) is 0. The second kappa shape index (κ2) is 4.42. The van der Waals surface area contributed by atoms with Gasteiger partial charge in [-0.1, -0.05) is 0 Å². The molecular weight excluding hydrogens is 184 g/mol. The summed E-state index contributed by atoms with van der Waals surface area (Å²) in [6, 6.07) is 7.34. The molecule has 0 aliphatic carbocycles. The summed E-state index contributed by atoms with van der Waals surface area (Å²) in [4.78, 5) is 0.830. The molecule has 72 valence electrons. The van der Waals surface area contributed by atoms with Crippen molar-refractivity contribution >= 4 is 10.8 Å². The average molecular weight is 198 g/mol. The van der Waals surface area contributed by atoms with Crippen LogP contribution in [0.25, 0.3) is 0 Å². The van der Waals surface area contributed by atoms with Crippen LogP contribution >= 0.6 is 0 Å². The van der Waals surface area contributed by atoms with Gasteiger partial charge in [0.2, 0.25) is 0 Å². The van der Waals surface area contributed by atoms with Crippen molar-refractivity contribution in [1.29, 1.82) is 0 Å². The molecule has 0 saturated heterocycles. The highest BCUT2D eigenvalue weighted by molar-refractivity contribution is 7.84. The van der Waals surface area contributed by atoms with Crippen molar-refractivity contribution in [3.63, 3.8) is 0 Å².